The van der Waals surface area contributed by atoms with Crippen molar-refractivity contribution in [2.24, 2.45) is 17.4 Å². The van der Waals surface area contributed by atoms with Gasteiger partial charge in [0.2, 0.25) is 29.5 Å². The largest absolute Gasteiger partial charge is 0.508 e. The molecule has 1 unspecified atom stereocenters. The molecule has 0 spiro atoms. The molecule has 0 aliphatic carbocycles. The third kappa shape index (κ3) is 13.4. The van der Waals surface area contributed by atoms with Crippen LogP contribution < -0.4 is 38.1 Å². The second-order valence-electron chi connectivity index (χ2n) is 10.8. The predicted molar refractivity (Wildman–Crippen MR) is 162 cm³/mol. The molecule has 0 saturated carbocycles. The summed E-state index contributed by atoms with van der Waals surface area (Å²) in [5, 5.41) is 31.6. The number of carbonyl (C=O) groups excluding carboxylic acids is 5. The van der Waals surface area contributed by atoms with Gasteiger partial charge in [-0.15, -0.1) is 0 Å². The number of hydrogen-bond acceptors (Lipinski definition) is 9. The molecule has 0 aliphatic heterocycles. The Morgan fingerprint density at radius 1 is 0.818 bits per heavy atom. The fourth-order valence-corrected chi connectivity index (χ4v) is 4.02. The number of phenols is 1. The van der Waals surface area contributed by atoms with Crippen LogP contribution in [-0.4, -0.2) is 89.0 Å². The number of phenolic OH excluding ortho intramolecular Hbond substituents is 1. The van der Waals surface area contributed by atoms with E-state index in [2.05, 4.69) is 26.6 Å². The van der Waals surface area contributed by atoms with Gasteiger partial charge in [0.1, 0.15) is 29.9 Å². The monoisotopic (exact) mass is 621 g/mol. The molecule has 11 N–H and O–H groups in total. The highest BCUT2D eigenvalue weighted by Gasteiger charge is 2.30. The van der Waals surface area contributed by atoms with Gasteiger partial charge in [-0.2, -0.15) is 0 Å². The van der Waals surface area contributed by atoms with E-state index in [0.29, 0.717) is 31.4 Å². The standard InChI is InChI=1S/C29H47N7O8/c1-5-16(2)24(29(43)44)36-28(42)22(14-19-9-11-20(37)12-10-19)34-23(38)15-32-26(40)18(4)33-27(41)21(8-6-7-13-30)35-25(39)17(3)31/h9-12,16-18,21-22,24,37H,5-8,13-15,30-31H2,1-4H3,(H,32,40)(H,33,41)(H,34,38)(H,35,39)(H,36,42)(H,43,44)/t16-,17-,18?,21-,22-,24-/m0/s1. The van der Waals surface area contributed by atoms with Crippen molar-refractivity contribution in [3.05, 3.63) is 29.8 Å². The first-order valence-corrected chi connectivity index (χ1v) is 14.6. The third-order valence-electron chi connectivity index (χ3n) is 6.97. The smallest absolute Gasteiger partial charge is 0.326 e. The van der Waals surface area contributed by atoms with Crippen molar-refractivity contribution < 1.29 is 39.0 Å². The summed E-state index contributed by atoms with van der Waals surface area (Å²) in [5.74, 6) is -4.91. The predicted octanol–water partition coefficient (Wildman–Crippen LogP) is -1.38. The van der Waals surface area contributed by atoms with Crippen molar-refractivity contribution in [3.8, 4) is 5.75 Å². The maximum atomic E-state index is 13.1. The number of nitrogens with one attached hydrogen (secondary N) is 5. The molecule has 6 atom stereocenters. The highest BCUT2D eigenvalue weighted by molar-refractivity contribution is 5.95. The molecule has 246 valence electrons. The van der Waals surface area contributed by atoms with Crippen LogP contribution >= 0.6 is 0 Å². The number of rotatable bonds is 19. The number of carbonyl (C=O) groups is 6. The number of carboxylic acid groups (broad SMARTS) is 1. The van der Waals surface area contributed by atoms with Crippen molar-refractivity contribution in [2.75, 3.05) is 13.1 Å². The average molecular weight is 622 g/mol. The van der Waals surface area contributed by atoms with E-state index < -0.39 is 72.3 Å². The van der Waals surface area contributed by atoms with Gasteiger partial charge in [0.25, 0.3) is 0 Å². The zero-order valence-corrected chi connectivity index (χ0v) is 25.7. The van der Waals surface area contributed by atoms with E-state index in [4.69, 9.17) is 11.5 Å². The molecule has 0 radical (unpaired) electrons. The van der Waals surface area contributed by atoms with Crippen LogP contribution in [-0.2, 0) is 35.2 Å². The van der Waals surface area contributed by atoms with Crippen LogP contribution in [0.25, 0.3) is 0 Å². The van der Waals surface area contributed by atoms with Crippen LogP contribution in [0, 0.1) is 5.92 Å². The average Bonchev–Trinajstić information content (AvgIpc) is 2.97. The zero-order chi connectivity index (χ0) is 33.4. The van der Waals surface area contributed by atoms with Crippen LogP contribution in [0.5, 0.6) is 5.75 Å². The van der Waals surface area contributed by atoms with Crippen molar-refractivity contribution in [3.63, 3.8) is 0 Å². The van der Waals surface area contributed by atoms with E-state index in [1.165, 1.54) is 26.0 Å². The summed E-state index contributed by atoms with van der Waals surface area (Å²) >= 11 is 0. The Bertz CT molecular complexity index is 1130. The normalized spacial score (nSPS) is 15.0. The first-order chi connectivity index (χ1) is 20.7. The molecule has 1 aromatic rings. The van der Waals surface area contributed by atoms with E-state index in [1.54, 1.807) is 26.0 Å². The first-order valence-electron chi connectivity index (χ1n) is 14.6. The lowest BCUT2D eigenvalue weighted by atomic mass is 9.98. The summed E-state index contributed by atoms with van der Waals surface area (Å²) in [5.41, 5.74) is 11.7. The highest BCUT2D eigenvalue weighted by Crippen LogP contribution is 2.13. The van der Waals surface area contributed by atoms with Gasteiger partial charge in [0.15, 0.2) is 0 Å². The van der Waals surface area contributed by atoms with E-state index in [1.807, 2.05) is 0 Å². The molecule has 0 bridgehead atoms. The molecule has 44 heavy (non-hydrogen) atoms. The SMILES string of the molecule is CC[C@H](C)[C@H](NC(=O)[C@H](Cc1ccc(O)cc1)NC(=O)CNC(=O)C(C)NC(=O)[C@H](CCCCN)NC(=O)[C@H](C)N)C(=O)O. The quantitative estimate of drug-likeness (QED) is 0.0818. The van der Waals surface area contributed by atoms with Gasteiger partial charge < -0.3 is 48.3 Å². The van der Waals surface area contributed by atoms with Crippen molar-refractivity contribution in [1.29, 1.82) is 0 Å². The minimum Gasteiger partial charge on any atom is -0.508 e. The Balaban J connectivity index is 2.88. The van der Waals surface area contributed by atoms with Crippen LogP contribution in [0.15, 0.2) is 24.3 Å². The third-order valence-corrected chi connectivity index (χ3v) is 6.97. The van der Waals surface area contributed by atoms with Gasteiger partial charge in [0.05, 0.1) is 12.6 Å². The summed E-state index contributed by atoms with van der Waals surface area (Å²) in [6, 6.07) is 0.670. The molecule has 1 rings (SSSR count). The summed E-state index contributed by atoms with van der Waals surface area (Å²) in [6.45, 7) is 6.20. The van der Waals surface area contributed by atoms with Gasteiger partial charge in [0, 0.05) is 6.42 Å². The lowest BCUT2D eigenvalue weighted by Crippen LogP contribution is -2.56. The molecule has 0 saturated heterocycles. The Hall–Kier alpha value is -4.24. The van der Waals surface area contributed by atoms with Crippen molar-refractivity contribution in [2.45, 2.75) is 90.0 Å². The minimum atomic E-state index is -1.22. The first kappa shape index (κ1) is 37.8. The number of nitrogens with two attached hydrogens (primary N) is 2. The van der Waals surface area contributed by atoms with Crippen LogP contribution in [0.2, 0.25) is 0 Å². The Morgan fingerprint density at radius 3 is 1.98 bits per heavy atom. The molecule has 0 heterocycles. The van der Waals surface area contributed by atoms with Crippen LogP contribution in [0.3, 0.4) is 0 Å². The molecule has 0 fully saturated rings. The van der Waals surface area contributed by atoms with Crippen molar-refractivity contribution >= 4 is 35.5 Å². The number of benzene rings is 1. The van der Waals surface area contributed by atoms with E-state index in [9.17, 15) is 39.0 Å². The van der Waals surface area contributed by atoms with E-state index >= 15 is 0 Å². The summed E-state index contributed by atoms with van der Waals surface area (Å²) in [6.07, 6.45) is 1.92. The molecule has 1 aromatic carbocycles. The van der Waals surface area contributed by atoms with Gasteiger partial charge >= 0.3 is 5.97 Å². The lowest BCUT2D eigenvalue weighted by Gasteiger charge is -2.25. The number of hydrogen-bond donors (Lipinski definition) is 9. The van der Waals surface area contributed by atoms with Crippen molar-refractivity contribution in [1.82, 2.24) is 26.6 Å². The highest BCUT2D eigenvalue weighted by atomic mass is 16.4. The second-order valence-corrected chi connectivity index (χ2v) is 10.8. The van der Waals surface area contributed by atoms with Gasteiger partial charge in [-0.05, 0) is 63.3 Å². The molecular weight excluding hydrogens is 574 g/mol. The van der Waals surface area contributed by atoms with Crippen LogP contribution in [0.1, 0.15) is 58.9 Å². The molecule has 5 amide bonds. The second kappa shape index (κ2) is 19.1. The summed E-state index contributed by atoms with van der Waals surface area (Å²) < 4.78 is 0. The minimum absolute atomic E-state index is 0.00335. The molecular formula is C29H47N7O8. The Labute approximate surface area is 257 Å². The molecule has 0 aliphatic rings. The van der Waals surface area contributed by atoms with Gasteiger partial charge in [-0.25, -0.2) is 4.79 Å². The molecule has 15 nitrogen and oxygen atoms in total. The van der Waals surface area contributed by atoms with E-state index in [-0.39, 0.29) is 24.5 Å². The van der Waals surface area contributed by atoms with Gasteiger partial charge in [-0.3, -0.25) is 24.0 Å². The van der Waals surface area contributed by atoms with E-state index in [0.717, 1.165) is 0 Å². The molecule has 0 aromatic heterocycles. The topological polar surface area (TPSA) is 255 Å². The fraction of sp³-hybridized carbons (Fsp3) is 0.586. The maximum Gasteiger partial charge on any atom is 0.326 e. The Morgan fingerprint density at radius 2 is 1.43 bits per heavy atom. The molecule has 15 heteroatoms. The number of amides is 5. The summed E-state index contributed by atoms with van der Waals surface area (Å²) in [4.78, 5) is 75.2. The fourth-order valence-electron chi connectivity index (χ4n) is 4.02. The Kier molecular flexibility index (Phi) is 16.4. The number of unbranched alkanes of at least 4 members (excludes halogenated alkanes) is 1. The summed E-state index contributed by atoms with van der Waals surface area (Å²) in [7, 11) is 0. The zero-order valence-electron chi connectivity index (χ0n) is 25.7. The lowest BCUT2D eigenvalue weighted by molar-refractivity contribution is -0.143. The number of aromatic hydroxyl groups is 1. The number of carboxylic acids is 1. The number of aliphatic carboxylic acids is 1. The maximum absolute atomic E-state index is 13.1. The van der Waals surface area contributed by atoms with Gasteiger partial charge in [-0.1, -0.05) is 32.4 Å². The van der Waals surface area contributed by atoms with Crippen LogP contribution in [0.4, 0.5) is 0 Å².